The molecule has 128 valence electrons. The van der Waals surface area contributed by atoms with Gasteiger partial charge < -0.3 is 5.11 Å². The number of aromatic hydroxyl groups is 1. The first-order valence-corrected chi connectivity index (χ1v) is 9.61. The minimum atomic E-state index is -0.180. The minimum absolute atomic E-state index is 0.180. The second-order valence-electron chi connectivity index (χ2n) is 6.74. The highest BCUT2D eigenvalue weighted by atomic mass is 31.1. The van der Waals surface area contributed by atoms with E-state index in [1.807, 2.05) is 32.0 Å². The Balaban J connectivity index is 1.87. The fourth-order valence-corrected chi connectivity index (χ4v) is 4.76. The number of phenols is 1. The van der Waals surface area contributed by atoms with Crippen molar-refractivity contribution in [3.05, 3.63) is 52.8 Å². The summed E-state index contributed by atoms with van der Waals surface area (Å²) in [7, 11) is 0.341. The van der Waals surface area contributed by atoms with Crippen LogP contribution >= 0.6 is 8.58 Å². The van der Waals surface area contributed by atoms with Gasteiger partial charge in [-0.3, -0.25) is 4.90 Å². The first-order valence-electron chi connectivity index (χ1n) is 8.61. The molecule has 0 saturated carbocycles. The van der Waals surface area contributed by atoms with Gasteiger partial charge in [0.25, 0.3) is 0 Å². The van der Waals surface area contributed by atoms with Crippen LogP contribution in [-0.2, 0) is 6.54 Å². The Hall–Kier alpha value is -1.44. The van der Waals surface area contributed by atoms with Crippen molar-refractivity contribution >= 4 is 19.2 Å². The van der Waals surface area contributed by atoms with E-state index in [-0.39, 0.29) is 5.82 Å². The molecule has 2 aromatic rings. The third kappa shape index (κ3) is 4.15. The van der Waals surface area contributed by atoms with Crippen molar-refractivity contribution in [3.63, 3.8) is 0 Å². The van der Waals surface area contributed by atoms with E-state index in [0.717, 1.165) is 46.9 Å². The molecule has 2 nitrogen and oxygen atoms in total. The molecule has 1 N–H and O–H groups in total. The Bertz CT molecular complexity index is 726. The maximum absolute atomic E-state index is 13.8. The van der Waals surface area contributed by atoms with Crippen LogP contribution in [0.25, 0.3) is 0 Å². The first-order chi connectivity index (χ1) is 11.5. The van der Waals surface area contributed by atoms with Gasteiger partial charge in [-0.15, -0.1) is 0 Å². The minimum Gasteiger partial charge on any atom is -0.507 e. The molecule has 2 aromatic carbocycles. The average Bonchev–Trinajstić information content (AvgIpc) is 2.55. The van der Waals surface area contributed by atoms with Crippen LogP contribution in [0.2, 0.25) is 0 Å². The van der Waals surface area contributed by atoms with Crippen LogP contribution in [0.15, 0.2) is 30.3 Å². The van der Waals surface area contributed by atoms with Gasteiger partial charge in [-0.2, -0.15) is 0 Å². The fraction of sp³-hybridized carbons (Fsp3) is 0.400. The molecule has 0 aromatic heterocycles. The predicted molar refractivity (Wildman–Crippen MR) is 101 cm³/mol. The highest BCUT2D eigenvalue weighted by Gasteiger charge is 2.15. The third-order valence-electron chi connectivity index (χ3n) is 4.62. The van der Waals surface area contributed by atoms with Gasteiger partial charge in [-0.05, 0) is 80.0 Å². The molecule has 0 spiro atoms. The van der Waals surface area contributed by atoms with Crippen molar-refractivity contribution < 1.29 is 9.50 Å². The fourth-order valence-electron chi connectivity index (χ4n) is 3.37. The third-order valence-corrected chi connectivity index (χ3v) is 6.03. The standard InChI is InChI=1S/C20H25FNOP/c1-14-10-15(2)20(23)19(11-14)24-18-7-6-17(21)12-16(18)13-22-8-4-3-5-9-22/h6-7,10-12,23-24H,3-5,8-9,13H2,1-2H3. The molecule has 1 unspecified atom stereocenters. The summed E-state index contributed by atoms with van der Waals surface area (Å²) in [5, 5.41) is 12.4. The van der Waals surface area contributed by atoms with Crippen LogP contribution in [0.1, 0.15) is 36.0 Å². The Morgan fingerprint density at radius 3 is 2.54 bits per heavy atom. The van der Waals surface area contributed by atoms with Crippen LogP contribution in [-0.4, -0.2) is 23.1 Å². The zero-order valence-corrected chi connectivity index (χ0v) is 15.4. The molecule has 1 saturated heterocycles. The number of benzene rings is 2. The van der Waals surface area contributed by atoms with Crippen molar-refractivity contribution in [1.82, 2.24) is 4.90 Å². The van der Waals surface area contributed by atoms with Gasteiger partial charge in [0.05, 0.1) is 0 Å². The normalized spacial score (nSPS) is 16.1. The number of aryl methyl sites for hydroxylation is 2. The van der Waals surface area contributed by atoms with Crippen LogP contribution in [0.5, 0.6) is 5.75 Å². The SMILES string of the molecule is Cc1cc(C)c(O)c(Pc2ccc(F)cc2CN2CCCCC2)c1. The lowest BCUT2D eigenvalue weighted by atomic mass is 10.1. The molecule has 0 amide bonds. The number of halogens is 1. The molecule has 1 aliphatic rings. The summed E-state index contributed by atoms with van der Waals surface area (Å²) in [6, 6.07) is 9.10. The molecule has 0 radical (unpaired) electrons. The molecule has 4 heteroatoms. The summed E-state index contributed by atoms with van der Waals surface area (Å²) in [6.45, 7) is 6.95. The quantitative estimate of drug-likeness (QED) is 0.853. The van der Waals surface area contributed by atoms with Gasteiger partial charge in [0.1, 0.15) is 11.6 Å². The number of piperidine rings is 1. The van der Waals surface area contributed by atoms with Crippen molar-refractivity contribution in [3.8, 4) is 5.75 Å². The molecule has 1 heterocycles. The number of nitrogens with zero attached hydrogens (tertiary/aromatic N) is 1. The topological polar surface area (TPSA) is 23.5 Å². The smallest absolute Gasteiger partial charge is 0.126 e. The Labute approximate surface area is 145 Å². The Kier molecular flexibility index (Phi) is 5.53. The van der Waals surface area contributed by atoms with E-state index in [0.29, 0.717) is 14.3 Å². The van der Waals surface area contributed by atoms with Crippen LogP contribution in [0.3, 0.4) is 0 Å². The van der Waals surface area contributed by atoms with Crippen molar-refractivity contribution in [1.29, 1.82) is 0 Å². The Morgan fingerprint density at radius 2 is 1.79 bits per heavy atom. The van der Waals surface area contributed by atoms with Crippen molar-refractivity contribution in [2.24, 2.45) is 0 Å². The van der Waals surface area contributed by atoms with E-state index in [1.165, 1.54) is 25.3 Å². The molecule has 0 bridgehead atoms. The van der Waals surface area contributed by atoms with Crippen molar-refractivity contribution in [2.45, 2.75) is 39.7 Å². The van der Waals surface area contributed by atoms with Gasteiger partial charge in [0.2, 0.25) is 0 Å². The monoisotopic (exact) mass is 345 g/mol. The molecule has 0 aliphatic carbocycles. The number of phenolic OH excluding ortho intramolecular Hbond substituents is 1. The Morgan fingerprint density at radius 1 is 1.04 bits per heavy atom. The summed E-state index contributed by atoms with van der Waals surface area (Å²) < 4.78 is 13.8. The van der Waals surface area contributed by atoms with E-state index < -0.39 is 0 Å². The predicted octanol–water partition coefficient (Wildman–Crippen LogP) is 3.76. The number of likely N-dealkylation sites (tertiary alicyclic amines) is 1. The maximum atomic E-state index is 13.8. The summed E-state index contributed by atoms with van der Waals surface area (Å²) in [5.41, 5.74) is 3.10. The summed E-state index contributed by atoms with van der Waals surface area (Å²) in [6.07, 6.45) is 3.75. The van der Waals surface area contributed by atoms with Crippen LogP contribution < -0.4 is 10.6 Å². The van der Waals surface area contributed by atoms with Crippen LogP contribution in [0, 0.1) is 19.7 Å². The van der Waals surface area contributed by atoms with E-state index in [2.05, 4.69) is 4.90 Å². The van der Waals surface area contributed by atoms with E-state index in [9.17, 15) is 9.50 Å². The lowest BCUT2D eigenvalue weighted by molar-refractivity contribution is 0.221. The molecule has 1 aliphatic heterocycles. The van der Waals surface area contributed by atoms with E-state index in [1.54, 1.807) is 6.07 Å². The highest BCUT2D eigenvalue weighted by molar-refractivity contribution is 7.55. The zero-order chi connectivity index (χ0) is 17.1. The molecule has 3 rings (SSSR count). The highest BCUT2D eigenvalue weighted by Crippen LogP contribution is 2.25. The van der Waals surface area contributed by atoms with Gasteiger partial charge in [0.15, 0.2) is 0 Å². The number of rotatable bonds is 4. The van der Waals surface area contributed by atoms with E-state index >= 15 is 0 Å². The maximum Gasteiger partial charge on any atom is 0.126 e. The lowest BCUT2D eigenvalue weighted by Crippen LogP contribution is -2.30. The van der Waals surface area contributed by atoms with Gasteiger partial charge in [0, 0.05) is 11.8 Å². The second kappa shape index (κ2) is 7.63. The second-order valence-corrected chi connectivity index (χ2v) is 8.07. The number of hydrogen-bond donors (Lipinski definition) is 1. The molecule has 1 fully saturated rings. The zero-order valence-electron chi connectivity index (χ0n) is 14.4. The molecular formula is C20H25FNOP. The molecular weight excluding hydrogens is 320 g/mol. The summed E-state index contributed by atoms with van der Waals surface area (Å²) >= 11 is 0. The van der Waals surface area contributed by atoms with Gasteiger partial charge in [-0.1, -0.05) is 27.1 Å². The lowest BCUT2D eigenvalue weighted by Gasteiger charge is -2.27. The molecule has 24 heavy (non-hydrogen) atoms. The summed E-state index contributed by atoms with van der Waals surface area (Å²) in [5.74, 6) is 0.187. The summed E-state index contributed by atoms with van der Waals surface area (Å²) in [4.78, 5) is 2.41. The van der Waals surface area contributed by atoms with Crippen molar-refractivity contribution in [2.75, 3.05) is 13.1 Å². The average molecular weight is 345 g/mol. The first kappa shape index (κ1) is 17.4. The van der Waals surface area contributed by atoms with Gasteiger partial charge >= 0.3 is 0 Å². The van der Waals surface area contributed by atoms with E-state index in [4.69, 9.17) is 0 Å². The largest absolute Gasteiger partial charge is 0.507 e. The van der Waals surface area contributed by atoms with Gasteiger partial charge in [-0.25, -0.2) is 4.39 Å². The number of hydrogen-bond acceptors (Lipinski definition) is 2. The molecule has 1 atom stereocenters. The van der Waals surface area contributed by atoms with Crippen LogP contribution in [0.4, 0.5) is 4.39 Å².